The normalized spacial score (nSPS) is 14.7. The fourth-order valence-corrected chi connectivity index (χ4v) is 4.39. The molecule has 5 aromatic rings. The number of hydrogen-bond acceptors (Lipinski definition) is 11. The van der Waals surface area contributed by atoms with Crippen LogP contribution >= 0.6 is 0 Å². The van der Waals surface area contributed by atoms with Gasteiger partial charge >= 0.3 is 6.01 Å². The van der Waals surface area contributed by atoms with E-state index in [1.54, 1.807) is 17.2 Å². The van der Waals surface area contributed by atoms with E-state index in [1.165, 1.54) is 6.33 Å². The van der Waals surface area contributed by atoms with Crippen molar-refractivity contribution in [1.29, 1.82) is 0 Å². The molecule has 13 nitrogen and oxygen atoms in total. The molecular weight excluding hydrogens is 460 g/mol. The molecule has 0 amide bonds. The number of nitrogens with zero attached hydrogens (tertiary/aromatic N) is 11. The summed E-state index contributed by atoms with van der Waals surface area (Å²) in [6.45, 7) is 7.68. The van der Waals surface area contributed by atoms with Crippen LogP contribution in [0.25, 0.3) is 11.5 Å². The first-order chi connectivity index (χ1) is 17.6. The van der Waals surface area contributed by atoms with Crippen LogP contribution in [-0.2, 0) is 0 Å². The lowest BCUT2D eigenvalue weighted by Crippen LogP contribution is -2.33. The monoisotopic (exact) mass is 486 g/mol. The first-order valence-corrected chi connectivity index (χ1v) is 11.9. The van der Waals surface area contributed by atoms with Gasteiger partial charge in [-0.3, -0.25) is 4.40 Å². The summed E-state index contributed by atoms with van der Waals surface area (Å²) in [7, 11) is 0. The van der Waals surface area contributed by atoms with Crippen LogP contribution in [0.15, 0.2) is 41.7 Å². The van der Waals surface area contributed by atoms with Crippen LogP contribution in [0.4, 0.5) is 17.5 Å². The zero-order chi connectivity index (χ0) is 24.6. The van der Waals surface area contributed by atoms with Gasteiger partial charge in [-0.2, -0.15) is 10.1 Å². The Hall–Kier alpha value is -4.42. The van der Waals surface area contributed by atoms with Gasteiger partial charge in [-0.1, -0.05) is 19.0 Å². The summed E-state index contributed by atoms with van der Waals surface area (Å²) >= 11 is 0. The molecule has 0 saturated carbocycles. The molecule has 0 atom stereocenters. The van der Waals surface area contributed by atoms with Crippen molar-refractivity contribution < 1.29 is 4.52 Å². The predicted octanol–water partition coefficient (Wildman–Crippen LogP) is 3.04. The largest absolute Gasteiger partial charge is 0.336 e. The molecule has 0 spiro atoms. The lowest BCUT2D eigenvalue weighted by atomic mass is 9.96. The molecule has 13 heteroatoms. The minimum atomic E-state index is 0.241. The standard InChI is InChI=1S/C23H26N12O/c1-14(2)19-29-23(36-32-19)33-9-6-16(7-10-33)21-30-31-22-20(25-8-11-34(21)22)28-17-4-5-18(27-15(17)3)35-13-24-12-26-35/h4-5,8,11-14,16H,6-7,9-10H2,1-3H3,(H,25,28). The van der Waals surface area contributed by atoms with Gasteiger partial charge in [0.05, 0.1) is 11.4 Å². The van der Waals surface area contributed by atoms with Crippen molar-refractivity contribution in [2.24, 2.45) is 0 Å². The van der Waals surface area contributed by atoms with E-state index in [2.05, 4.69) is 64.5 Å². The van der Waals surface area contributed by atoms with Gasteiger partial charge in [0.25, 0.3) is 0 Å². The van der Waals surface area contributed by atoms with Crippen molar-refractivity contribution in [2.45, 2.75) is 45.4 Å². The number of hydrogen-bond donors (Lipinski definition) is 1. The zero-order valence-corrected chi connectivity index (χ0v) is 20.3. The molecule has 1 aliphatic heterocycles. The van der Waals surface area contributed by atoms with E-state index < -0.39 is 0 Å². The third-order valence-corrected chi connectivity index (χ3v) is 6.41. The van der Waals surface area contributed by atoms with Gasteiger partial charge < -0.3 is 14.7 Å². The molecule has 6 heterocycles. The summed E-state index contributed by atoms with van der Waals surface area (Å²) < 4.78 is 9.11. The number of aromatic nitrogens is 10. The Labute approximate surface area is 206 Å². The Morgan fingerprint density at radius 2 is 1.97 bits per heavy atom. The summed E-state index contributed by atoms with van der Waals surface area (Å²) in [4.78, 5) is 19.8. The van der Waals surface area contributed by atoms with Crippen LogP contribution in [0.2, 0.25) is 0 Å². The van der Waals surface area contributed by atoms with Gasteiger partial charge in [-0.05, 0) is 31.9 Å². The molecule has 0 aliphatic carbocycles. The smallest absolute Gasteiger partial charge is 0.324 e. The van der Waals surface area contributed by atoms with E-state index in [1.807, 2.05) is 29.7 Å². The minimum absolute atomic E-state index is 0.241. The van der Waals surface area contributed by atoms with E-state index in [4.69, 9.17) is 4.52 Å². The highest BCUT2D eigenvalue weighted by Gasteiger charge is 2.28. The van der Waals surface area contributed by atoms with Gasteiger partial charge in [0.1, 0.15) is 18.5 Å². The van der Waals surface area contributed by atoms with E-state index in [0.29, 0.717) is 23.3 Å². The second kappa shape index (κ2) is 8.98. The van der Waals surface area contributed by atoms with E-state index in [0.717, 1.165) is 49.0 Å². The maximum absolute atomic E-state index is 5.47. The van der Waals surface area contributed by atoms with Crippen molar-refractivity contribution in [3.05, 3.63) is 54.5 Å². The third kappa shape index (κ3) is 4.01. The van der Waals surface area contributed by atoms with Gasteiger partial charge in [0, 0.05) is 37.3 Å². The second-order valence-corrected chi connectivity index (χ2v) is 9.15. The number of anilines is 3. The number of nitrogens with one attached hydrogen (secondary N) is 1. The predicted molar refractivity (Wildman–Crippen MR) is 131 cm³/mol. The highest BCUT2D eigenvalue weighted by atomic mass is 16.5. The molecule has 36 heavy (non-hydrogen) atoms. The minimum Gasteiger partial charge on any atom is -0.336 e. The molecule has 0 aromatic carbocycles. The van der Waals surface area contributed by atoms with Gasteiger partial charge in [-0.25, -0.2) is 19.6 Å². The van der Waals surface area contributed by atoms with Crippen molar-refractivity contribution in [3.8, 4) is 5.82 Å². The van der Waals surface area contributed by atoms with Crippen LogP contribution in [-0.4, -0.2) is 62.6 Å². The van der Waals surface area contributed by atoms with E-state index in [-0.39, 0.29) is 11.8 Å². The lowest BCUT2D eigenvalue weighted by Gasteiger charge is -2.29. The van der Waals surface area contributed by atoms with Gasteiger partial charge in [-0.15, -0.1) is 10.2 Å². The highest BCUT2D eigenvalue weighted by molar-refractivity contribution is 5.70. The van der Waals surface area contributed by atoms with Gasteiger partial charge in [0.15, 0.2) is 17.5 Å². The van der Waals surface area contributed by atoms with Crippen LogP contribution < -0.4 is 10.2 Å². The topological polar surface area (TPSA) is 141 Å². The quantitative estimate of drug-likeness (QED) is 0.378. The number of rotatable bonds is 6. The summed E-state index contributed by atoms with van der Waals surface area (Å²) in [5.41, 5.74) is 2.31. The number of pyridine rings is 1. The first-order valence-electron chi connectivity index (χ1n) is 11.9. The molecule has 0 unspecified atom stereocenters. The Bertz CT molecular complexity index is 1480. The van der Waals surface area contributed by atoms with Crippen LogP contribution in [0, 0.1) is 6.92 Å². The summed E-state index contributed by atoms with van der Waals surface area (Å²) in [6.07, 6.45) is 8.60. The SMILES string of the molecule is Cc1nc(-n2cncn2)ccc1Nc1nccn2c(C3CCN(c4nc(C(C)C)no4)CC3)nnc12. The maximum Gasteiger partial charge on any atom is 0.324 e. The first kappa shape index (κ1) is 22.1. The van der Waals surface area contributed by atoms with Crippen LogP contribution in [0.5, 0.6) is 0 Å². The Morgan fingerprint density at radius 3 is 2.69 bits per heavy atom. The fourth-order valence-electron chi connectivity index (χ4n) is 4.39. The molecule has 184 valence electrons. The number of aryl methyl sites for hydroxylation is 1. The van der Waals surface area contributed by atoms with Crippen molar-refractivity contribution in [1.82, 2.24) is 49.5 Å². The van der Waals surface area contributed by atoms with E-state index >= 15 is 0 Å². The maximum atomic E-state index is 5.47. The van der Waals surface area contributed by atoms with Gasteiger partial charge in [0.2, 0.25) is 5.65 Å². The third-order valence-electron chi connectivity index (χ3n) is 6.41. The number of piperidine rings is 1. The van der Waals surface area contributed by atoms with Crippen LogP contribution in [0.1, 0.15) is 55.9 Å². The lowest BCUT2D eigenvalue weighted by molar-refractivity contribution is 0.384. The summed E-state index contributed by atoms with van der Waals surface area (Å²) in [5, 5.41) is 20.6. The molecule has 1 N–H and O–H groups in total. The van der Waals surface area contributed by atoms with Crippen molar-refractivity contribution in [2.75, 3.05) is 23.3 Å². The Kier molecular flexibility index (Phi) is 5.51. The van der Waals surface area contributed by atoms with E-state index in [9.17, 15) is 0 Å². The average molecular weight is 487 g/mol. The highest BCUT2D eigenvalue weighted by Crippen LogP contribution is 2.31. The summed E-state index contributed by atoms with van der Waals surface area (Å²) in [6, 6.07) is 4.42. The zero-order valence-electron chi connectivity index (χ0n) is 20.3. The molecular formula is C23H26N12O. The molecule has 1 aliphatic rings. The molecule has 0 bridgehead atoms. The molecule has 0 radical (unpaired) electrons. The Morgan fingerprint density at radius 1 is 1.11 bits per heavy atom. The summed E-state index contributed by atoms with van der Waals surface area (Å²) in [5.74, 6) is 3.49. The average Bonchev–Trinajstić information content (AvgIpc) is 3.66. The number of fused-ring (bicyclic) bond motifs is 1. The second-order valence-electron chi connectivity index (χ2n) is 9.15. The Balaban J connectivity index is 1.19. The molecule has 1 fully saturated rings. The molecule has 6 rings (SSSR count). The fraction of sp³-hybridized carbons (Fsp3) is 0.391. The van der Waals surface area contributed by atoms with Crippen LogP contribution in [0.3, 0.4) is 0 Å². The van der Waals surface area contributed by atoms with Crippen molar-refractivity contribution in [3.63, 3.8) is 0 Å². The molecule has 5 aromatic heterocycles. The van der Waals surface area contributed by atoms with Crippen molar-refractivity contribution >= 4 is 23.2 Å². The molecule has 1 saturated heterocycles.